The SMILES string of the molecule is COc1cc(OC)cc(C(=O)Nc2sc(C)c(-c3ccccc3)c2C(N)=O)c1. The molecule has 3 N–H and O–H groups in total. The lowest BCUT2D eigenvalue weighted by molar-refractivity contribution is 0.100. The normalized spacial score (nSPS) is 10.4. The molecule has 0 saturated carbocycles. The maximum Gasteiger partial charge on any atom is 0.256 e. The Bertz CT molecular complexity index is 1010. The molecule has 0 atom stereocenters. The first-order valence-corrected chi connectivity index (χ1v) is 9.29. The summed E-state index contributed by atoms with van der Waals surface area (Å²) in [5.41, 5.74) is 7.90. The lowest BCUT2D eigenvalue weighted by atomic mass is 10.0. The third-order valence-electron chi connectivity index (χ3n) is 4.23. The summed E-state index contributed by atoms with van der Waals surface area (Å²) in [4.78, 5) is 25.9. The third kappa shape index (κ3) is 3.84. The van der Waals surface area contributed by atoms with E-state index in [1.54, 1.807) is 18.2 Å². The molecular weight excluding hydrogens is 376 g/mol. The van der Waals surface area contributed by atoms with Crippen molar-refractivity contribution < 1.29 is 19.1 Å². The molecule has 3 aromatic rings. The number of benzene rings is 2. The van der Waals surface area contributed by atoms with Gasteiger partial charge in [0.15, 0.2) is 0 Å². The Hall–Kier alpha value is -3.32. The Morgan fingerprint density at radius 2 is 1.61 bits per heavy atom. The molecule has 28 heavy (non-hydrogen) atoms. The Morgan fingerprint density at radius 3 is 2.14 bits per heavy atom. The standard InChI is InChI=1S/C21H20N2O4S/c1-12-17(13-7-5-4-6-8-13)18(19(22)24)21(28-12)23-20(25)14-9-15(26-2)11-16(10-14)27-3/h4-11H,1-3H3,(H2,22,24)(H,23,25). The average molecular weight is 396 g/mol. The van der Waals surface area contributed by atoms with Crippen LogP contribution in [0, 0.1) is 6.92 Å². The Balaban J connectivity index is 2.01. The highest BCUT2D eigenvalue weighted by atomic mass is 32.1. The second kappa shape index (κ2) is 8.14. The van der Waals surface area contributed by atoms with Crippen LogP contribution in [0.5, 0.6) is 11.5 Å². The van der Waals surface area contributed by atoms with Crippen molar-refractivity contribution in [3.05, 3.63) is 64.5 Å². The van der Waals surface area contributed by atoms with Gasteiger partial charge in [0, 0.05) is 22.1 Å². The predicted octanol–water partition coefficient (Wildman–Crippen LogP) is 4.09. The molecule has 0 aliphatic heterocycles. The van der Waals surface area contributed by atoms with Gasteiger partial charge in [-0.2, -0.15) is 0 Å². The number of hydrogen-bond acceptors (Lipinski definition) is 5. The van der Waals surface area contributed by atoms with Crippen LogP contribution in [0.2, 0.25) is 0 Å². The molecule has 2 amide bonds. The number of nitrogens with one attached hydrogen (secondary N) is 1. The van der Waals surface area contributed by atoms with E-state index in [9.17, 15) is 9.59 Å². The zero-order valence-corrected chi connectivity index (χ0v) is 16.6. The molecule has 144 valence electrons. The van der Waals surface area contributed by atoms with E-state index in [4.69, 9.17) is 15.2 Å². The average Bonchev–Trinajstić information content (AvgIpc) is 3.03. The van der Waals surface area contributed by atoms with E-state index < -0.39 is 5.91 Å². The smallest absolute Gasteiger partial charge is 0.256 e. The van der Waals surface area contributed by atoms with Crippen LogP contribution in [0.1, 0.15) is 25.6 Å². The first-order valence-electron chi connectivity index (χ1n) is 8.47. The molecule has 1 heterocycles. The maximum atomic E-state index is 12.8. The summed E-state index contributed by atoms with van der Waals surface area (Å²) in [5.74, 6) is 0.00112. The van der Waals surface area contributed by atoms with E-state index in [0.29, 0.717) is 27.6 Å². The summed E-state index contributed by atoms with van der Waals surface area (Å²) < 4.78 is 10.4. The Labute approximate surface area is 166 Å². The van der Waals surface area contributed by atoms with E-state index in [-0.39, 0.29) is 5.91 Å². The second-order valence-electron chi connectivity index (χ2n) is 6.02. The van der Waals surface area contributed by atoms with Crippen molar-refractivity contribution in [2.75, 3.05) is 19.5 Å². The van der Waals surface area contributed by atoms with Crippen molar-refractivity contribution in [3.63, 3.8) is 0 Å². The first-order chi connectivity index (χ1) is 13.4. The van der Waals surface area contributed by atoms with Gasteiger partial charge in [0.1, 0.15) is 16.5 Å². The highest BCUT2D eigenvalue weighted by molar-refractivity contribution is 7.17. The fourth-order valence-corrected chi connectivity index (χ4v) is 4.01. The molecule has 7 heteroatoms. The minimum Gasteiger partial charge on any atom is -0.497 e. The number of thiophene rings is 1. The molecule has 2 aromatic carbocycles. The second-order valence-corrected chi connectivity index (χ2v) is 7.25. The van der Waals surface area contributed by atoms with Crippen LogP contribution in [0.15, 0.2) is 48.5 Å². The zero-order valence-electron chi connectivity index (χ0n) is 15.7. The number of carbonyl (C=O) groups is 2. The number of anilines is 1. The zero-order chi connectivity index (χ0) is 20.3. The molecular formula is C21H20N2O4S. The van der Waals surface area contributed by atoms with Gasteiger partial charge in [-0.25, -0.2) is 0 Å². The molecule has 0 spiro atoms. The van der Waals surface area contributed by atoms with Crippen molar-refractivity contribution in [2.24, 2.45) is 5.73 Å². The van der Waals surface area contributed by atoms with Crippen molar-refractivity contribution in [1.82, 2.24) is 0 Å². The molecule has 0 fully saturated rings. The van der Waals surface area contributed by atoms with Crippen molar-refractivity contribution in [2.45, 2.75) is 6.92 Å². The number of rotatable bonds is 6. The molecule has 0 radical (unpaired) electrons. The molecule has 0 unspecified atom stereocenters. The van der Waals surface area contributed by atoms with Crippen LogP contribution in [-0.4, -0.2) is 26.0 Å². The first kappa shape index (κ1) is 19.4. The number of primary amides is 1. The number of methoxy groups -OCH3 is 2. The fraction of sp³-hybridized carbons (Fsp3) is 0.143. The largest absolute Gasteiger partial charge is 0.497 e. The van der Waals surface area contributed by atoms with Crippen LogP contribution in [0.4, 0.5) is 5.00 Å². The summed E-state index contributed by atoms with van der Waals surface area (Å²) in [6, 6.07) is 14.3. The summed E-state index contributed by atoms with van der Waals surface area (Å²) in [6.45, 7) is 1.89. The number of carbonyl (C=O) groups excluding carboxylic acids is 2. The lowest BCUT2D eigenvalue weighted by Gasteiger charge is -2.10. The van der Waals surface area contributed by atoms with Gasteiger partial charge in [0.2, 0.25) is 0 Å². The van der Waals surface area contributed by atoms with E-state index in [1.807, 2.05) is 37.3 Å². The highest BCUT2D eigenvalue weighted by Crippen LogP contribution is 2.40. The van der Waals surface area contributed by atoms with Crippen LogP contribution in [0.3, 0.4) is 0 Å². The molecule has 0 aliphatic rings. The summed E-state index contributed by atoms with van der Waals surface area (Å²) in [6.07, 6.45) is 0. The number of hydrogen-bond donors (Lipinski definition) is 2. The summed E-state index contributed by atoms with van der Waals surface area (Å²) in [7, 11) is 3.02. The van der Waals surface area contributed by atoms with Crippen LogP contribution in [0.25, 0.3) is 11.1 Å². The van der Waals surface area contributed by atoms with Crippen molar-refractivity contribution in [3.8, 4) is 22.6 Å². The number of ether oxygens (including phenoxy) is 2. The molecule has 0 aliphatic carbocycles. The molecule has 0 saturated heterocycles. The Morgan fingerprint density at radius 1 is 1.00 bits per heavy atom. The predicted molar refractivity (Wildman–Crippen MR) is 111 cm³/mol. The molecule has 0 bridgehead atoms. The molecule has 1 aromatic heterocycles. The lowest BCUT2D eigenvalue weighted by Crippen LogP contribution is -2.17. The number of aryl methyl sites for hydroxylation is 1. The van der Waals surface area contributed by atoms with Gasteiger partial charge in [0.25, 0.3) is 11.8 Å². The van der Waals surface area contributed by atoms with E-state index in [0.717, 1.165) is 16.0 Å². The van der Waals surface area contributed by atoms with E-state index in [1.165, 1.54) is 25.6 Å². The van der Waals surface area contributed by atoms with Gasteiger partial charge in [0.05, 0.1) is 19.8 Å². The van der Waals surface area contributed by atoms with Crippen LogP contribution < -0.4 is 20.5 Å². The van der Waals surface area contributed by atoms with Gasteiger partial charge < -0.3 is 20.5 Å². The fourth-order valence-electron chi connectivity index (χ4n) is 2.93. The third-order valence-corrected chi connectivity index (χ3v) is 5.25. The minimum atomic E-state index is -0.596. The Kier molecular flexibility index (Phi) is 5.65. The van der Waals surface area contributed by atoms with Crippen molar-refractivity contribution in [1.29, 1.82) is 0 Å². The van der Waals surface area contributed by atoms with Crippen LogP contribution >= 0.6 is 11.3 Å². The van der Waals surface area contributed by atoms with Gasteiger partial charge in [-0.1, -0.05) is 30.3 Å². The molecule has 3 rings (SSSR count). The van der Waals surface area contributed by atoms with Gasteiger partial charge in [-0.05, 0) is 24.6 Å². The van der Waals surface area contributed by atoms with E-state index >= 15 is 0 Å². The van der Waals surface area contributed by atoms with E-state index in [2.05, 4.69) is 5.32 Å². The highest BCUT2D eigenvalue weighted by Gasteiger charge is 2.23. The van der Waals surface area contributed by atoms with Crippen molar-refractivity contribution >= 4 is 28.2 Å². The quantitative estimate of drug-likeness (QED) is 0.656. The number of amides is 2. The maximum absolute atomic E-state index is 12.8. The minimum absolute atomic E-state index is 0.303. The van der Waals surface area contributed by atoms with Gasteiger partial charge in [-0.3, -0.25) is 9.59 Å². The topological polar surface area (TPSA) is 90.7 Å². The van der Waals surface area contributed by atoms with Crippen LogP contribution in [-0.2, 0) is 0 Å². The molecule has 6 nitrogen and oxygen atoms in total. The summed E-state index contributed by atoms with van der Waals surface area (Å²) >= 11 is 1.31. The summed E-state index contributed by atoms with van der Waals surface area (Å²) in [5, 5.41) is 3.22. The number of nitrogens with two attached hydrogens (primary N) is 1. The van der Waals surface area contributed by atoms with Gasteiger partial charge >= 0.3 is 0 Å². The monoisotopic (exact) mass is 396 g/mol. The van der Waals surface area contributed by atoms with Gasteiger partial charge in [-0.15, -0.1) is 11.3 Å².